The normalized spacial score (nSPS) is 12.9. The van der Waals surface area contributed by atoms with E-state index in [4.69, 9.17) is 0 Å². The first-order valence-electron chi connectivity index (χ1n) is 3.55. The number of halogens is 1. The summed E-state index contributed by atoms with van der Waals surface area (Å²) in [6.45, 7) is 5.81. The Morgan fingerprint density at radius 3 is 3.09 bits per heavy atom. The second kappa shape index (κ2) is 3.72. The van der Waals surface area contributed by atoms with Crippen molar-refractivity contribution in [2.75, 3.05) is 0 Å². The van der Waals surface area contributed by atoms with Crippen LogP contribution in [0.25, 0.3) is 0 Å². The topological polar surface area (TPSA) is 28.7 Å². The number of aromatic nitrogens is 2. The van der Waals surface area contributed by atoms with Crippen LogP contribution in [0.3, 0.4) is 0 Å². The zero-order valence-electron chi connectivity index (χ0n) is 6.47. The zero-order chi connectivity index (χ0) is 8.27. The number of aromatic amines is 1. The lowest BCUT2D eigenvalue weighted by atomic mass is 10.1. The van der Waals surface area contributed by atoms with Gasteiger partial charge in [0, 0.05) is 12.1 Å². The van der Waals surface area contributed by atoms with Gasteiger partial charge in [-0.3, -0.25) is 0 Å². The molecule has 0 aromatic carbocycles. The third kappa shape index (κ3) is 2.19. The van der Waals surface area contributed by atoms with E-state index in [1.54, 1.807) is 0 Å². The van der Waals surface area contributed by atoms with Crippen molar-refractivity contribution in [2.24, 2.45) is 0 Å². The second-order valence-corrected chi connectivity index (χ2v) is 3.29. The molecule has 1 aromatic heterocycles. The van der Waals surface area contributed by atoms with E-state index in [0.717, 1.165) is 16.8 Å². The minimum Gasteiger partial charge on any atom is -0.339 e. The van der Waals surface area contributed by atoms with Gasteiger partial charge in [0.25, 0.3) is 0 Å². The summed E-state index contributed by atoms with van der Waals surface area (Å²) in [5.41, 5.74) is 1.08. The van der Waals surface area contributed by atoms with Gasteiger partial charge in [0.05, 0.1) is 5.69 Å². The number of rotatable bonds is 3. The fraction of sp³-hybridized carbons (Fsp3) is 0.375. The minimum absolute atomic E-state index is 0.454. The van der Waals surface area contributed by atoms with Crippen molar-refractivity contribution in [2.45, 2.75) is 19.3 Å². The van der Waals surface area contributed by atoms with Crippen molar-refractivity contribution in [1.82, 2.24) is 9.97 Å². The highest BCUT2D eigenvalue weighted by Gasteiger charge is 2.05. The summed E-state index contributed by atoms with van der Waals surface area (Å²) in [5, 5.41) is 0. The maximum atomic E-state index is 4.24. The van der Waals surface area contributed by atoms with Gasteiger partial charge in [0.15, 0.2) is 4.73 Å². The second-order valence-electron chi connectivity index (χ2n) is 2.54. The molecule has 3 heteroatoms. The number of H-pyrrole nitrogens is 1. The van der Waals surface area contributed by atoms with Crippen LogP contribution in [0.5, 0.6) is 0 Å². The van der Waals surface area contributed by atoms with E-state index in [9.17, 15) is 0 Å². The summed E-state index contributed by atoms with van der Waals surface area (Å²) >= 11 is 3.26. The van der Waals surface area contributed by atoms with Crippen LogP contribution in [0.2, 0.25) is 0 Å². The van der Waals surface area contributed by atoms with Gasteiger partial charge in [-0.1, -0.05) is 13.0 Å². The van der Waals surface area contributed by atoms with Gasteiger partial charge in [-0.2, -0.15) is 0 Å². The first kappa shape index (κ1) is 8.53. The van der Waals surface area contributed by atoms with Crippen molar-refractivity contribution in [3.63, 3.8) is 0 Å². The van der Waals surface area contributed by atoms with Crippen LogP contribution in [0.4, 0.5) is 0 Å². The van der Waals surface area contributed by atoms with Gasteiger partial charge in [0.2, 0.25) is 0 Å². The van der Waals surface area contributed by atoms with E-state index in [2.05, 4.69) is 39.4 Å². The number of allylic oxidation sites excluding steroid dienone is 1. The SMILES string of the molecule is C=CCC(C)c1c[nH]c(Br)n1. The molecule has 0 aliphatic carbocycles. The molecule has 1 aromatic rings. The molecule has 1 atom stereocenters. The first-order valence-corrected chi connectivity index (χ1v) is 4.35. The average Bonchev–Trinajstić information content (AvgIpc) is 2.36. The Morgan fingerprint density at radius 1 is 1.91 bits per heavy atom. The minimum atomic E-state index is 0.454. The Morgan fingerprint density at radius 2 is 2.64 bits per heavy atom. The number of hydrogen-bond donors (Lipinski definition) is 1. The molecule has 1 N–H and O–H groups in total. The summed E-state index contributed by atoms with van der Waals surface area (Å²) in [7, 11) is 0. The first-order chi connectivity index (χ1) is 5.24. The van der Waals surface area contributed by atoms with Gasteiger partial charge >= 0.3 is 0 Å². The maximum Gasteiger partial charge on any atom is 0.174 e. The third-order valence-corrected chi connectivity index (χ3v) is 2.00. The van der Waals surface area contributed by atoms with Crippen LogP contribution >= 0.6 is 15.9 Å². The Kier molecular flexibility index (Phi) is 2.88. The number of nitrogens with zero attached hydrogens (tertiary/aromatic N) is 1. The van der Waals surface area contributed by atoms with E-state index in [-0.39, 0.29) is 0 Å². The van der Waals surface area contributed by atoms with Crippen molar-refractivity contribution < 1.29 is 0 Å². The lowest BCUT2D eigenvalue weighted by molar-refractivity contribution is 0.755. The molecular weight excluding hydrogens is 204 g/mol. The van der Waals surface area contributed by atoms with E-state index in [1.807, 2.05) is 12.3 Å². The maximum absolute atomic E-state index is 4.24. The van der Waals surface area contributed by atoms with E-state index < -0.39 is 0 Å². The molecule has 0 saturated heterocycles. The molecule has 0 fully saturated rings. The lowest BCUT2D eigenvalue weighted by Gasteiger charge is -2.02. The van der Waals surface area contributed by atoms with E-state index >= 15 is 0 Å². The molecule has 2 nitrogen and oxygen atoms in total. The highest BCUT2D eigenvalue weighted by molar-refractivity contribution is 9.10. The van der Waals surface area contributed by atoms with Crippen molar-refractivity contribution in [3.8, 4) is 0 Å². The predicted molar refractivity (Wildman–Crippen MR) is 49.5 cm³/mol. The van der Waals surface area contributed by atoms with Crippen LogP contribution in [0.1, 0.15) is 25.0 Å². The Balaban J connectivity index is 2.67. The van der Waals surface area contributed by atoms with Crippen LogP contribution in [0, 0.1) is 0 Å². The average molecular weight is 215 g/mol. The van der Waals surface area contributed by atoms with Gasteiger partial charge in [-0.15, -0.1) is 6.58 Å². The molecule has 0 spiro atoms. The molecule has 0 saturated carbocycles. The number of imidazole rings is 1. The predicted octanol–water partition coefficient (Wildman–Crippen LogP) is 2.85. The van der Waals surface area contributed by atoms with Gasteiger partial charge < -0.3 is 4.98 Å². The molecule has 1 unspecified atom stereocenters. The van der Waals surface area contributed by atoms with E-state index in [1.165, 1.54) is 0 Å². The molecule has 1 heterocycles. The molecule has 0 amide bonds. The standard InChI is InChI=1S/C8H11BrN2/c1-3-4-6(2)7-5-10-8(9)11-7/h3,5-6H,1,4H2,2H3,(H,10,11). The monoisotopic (exact) mass is 214 g/mol. The van der Waals surface area contributed by atoms with Gasteiger partial charge in [-0.25, -0.2) is 4.98 Å². The smallest absolute Gasteiger partial charge is 0.174 e. The lowest BCUT2D eigenvalue weighted by Crippen LogP contribution is -1.90. The quantitative estimate of drug-likeness (QED) is 0.771. The summed E-state index contributed by atoms with van der Waals surface area (Å²) in [5.74, 6) is 0.454. The summed E-state index contributed by atoms with van der Waals surface area (Å²) in [6.07, 6.45) is 4.79. The Bertz CT molecular complexity index is 242. The van der Waals surface area contributed by atoms with Crippen molar-refractivity contribution >= 4 is 15.9 Å². The fourth-order valence-corrected chi connectivity index (χ4v) is 1.25. The van der Waals surface area contributed by atoms with E-state index in [0.29, 0.717) is 5.92 Å². The molecule has 60 valence electrons. The zero-order valence-corrected chi connectivity index (χ0v) is 8.06. The largest absolute Gasteiger partial charge is 0.339 e. The fourth-order valence-electron chi connectivity index (χ4n) is 0.935. The van der Waals surface area contributed by atoms with Crippen molar-refractivity contribution in [1.29, 1.82) is 0 Å². The number of hydrogen-bond acceptors (Lipinski definition) is 1. The van der Waals surface area contributed by atoms with Crippen molar-refractivity contribution in [3.05, 3.63) is 29.3 Å². The highest BCUT2D eigenvalue weighted by Crippen LogP contribution is 2.18. The molecule has 1 rings (SSSR count). The highest BCUT2D eigenvalue weighted by atomic mass is 79.9. The summed E-state index contributed by atoms with van der Waals surface area (Å²) < 4.78 is 0.795. The Labute approximate surface area is 74.9 Å². The molecule has 11 heavy (non-hydrogen) atoms. The Hall–Kier alpha value is -0.570. The number of nitrogens with one attached hydrogen (secondary N) is 1. The third-order valence-electron chi connectivity index (χ3n) is 1.59. The summed E-state index contributed by atoms with van der Waals surface area (Å²) in [4.78, 5) is 7.22. The van der Waals surface area contributed by atoms with Crippen LogP contribution in [-0.4, -0.2) is 9.97 Å². The van der Waals surface area contributed by atoms with Gasteiger partial charge in [0.1, 0.15) is 0 Å². The summed E-state index contributed by atoms with van der Waals surface area (Å²) in [6, 6.07) is 0. The van der Waals surface area contributed by atoms with Gasteiger partial charge in [-0.05, 0) is 22.4 Å². The molecular formula is C8H11BrN2. The molecule has 0 radical (unpaired) electrons. The van der Waals surface area contributed by atoms with Crippen LogP contribution in [0.15, 0.2) is 23.6 Å². The molecule has 0 aliphatic rings. The molecule has 0 aliphatic heterocycles. The van der Waals surface area contributed by atoms with Crippen LogP contribution < -0.4 is 0 Å². The van der Waals surface area contributed by atoms with Crippen LogP contribution in [-0.2, 0) is 0 Å². The molecule has 0 bridgehead atoms.